The smallest absolute Gasteiger partial charge is 0.220 e. The molecule has 0 aromatic rings. The second-order valence-electron chi connectivity index (χ2n) is 6.48. The van der Waals surface area contributed by atoms with Crippen LogP contribution < -0.4 is 0 Å². The van der Waals surface area contributed by atoms with E-state index in [4.69, 9.17) is 4.74 Å². The van der Waals surface area contributed by atoms with E-state index in [2.05, 4.69) is 0 Å². The van der Waals surface area contributed by atoms with Gasteiger partial charge in [-0.2, -0.15) is 0 Å². The summed E-state index contributed by atoms with van der Waals surface area (Å²) < 4.78 is 5.54. The fraction of sp³-hybridized carbons (Fsp3) is 0.667. The zero-order valence-corrected chi connectivity index (χ0v) is 11.6. The molecule has 3 unspecified atom stereocenters. The van der Waals surface area contributed by atoms with Gasteiger partial charge >= 0.3 is 0 Å². The topological polar surface area (TPSA) is 66.8 Å². The first-order valence-electron chi connectivity index (χ1n) is 6.81. The van der Waals surface area contributed by atoms with Gasteiger partial charge in [-0.15, -0.1) is 0 Å². The molecule has 19 heavy (non-hydrogen) atoms. The summed E-state index contributed by atoms with van der Waals surface area (Å²) in [6.07, 6.45) is 4.56. The first kappa shape index (κ1) is 13.0. The first-order valence-corrected chi connectivity index (χ1v) is 6.81. The second-order valence-corrected chi connectivity index (χ2v) is 6.48. The molecule has 1 aliphatic heterocycles. The lowest BCUT2D eigenvalue weighted by Gasteiger charge is -2.53. The molecule has 4 nitrogen and oxygen atoms in total. The zero-order chi connectivity index (χ0) is 14.1. The van der Waals surface area contributed by atoms with Crippen LogP contribution in [-0.2, 0) is 9.53 Å². The number of hydrogen-bond acceptors (Lipinski definition) is 4. The highest BCUT2D eigenvalue weighted by molar-refractivity contribution is 6.07. The molecule has 0 radical (unpaired) electrons. The van der Waals surface area contributed by atoms with Crippen LogP contribution in [0.25, 0.3) is 0 Å². The third kappa shape index (κ3) is 1.37. The lowest BCUT2D eigenvalue weighted by Crippen LogP contribution is -2.64. The van der Waals surface area contributed by atoms with E-state index < -0.39 is 16.8 Å². The van der Waals surface area contributed by atoms with E-state index in [0.717, 1.165) is 0 Å². The molecule has 104 valence electrons. The Labute approximate surface area is 112 Å². The van der Waals surface area contributed by atoms with Crippen molar-refractivity contribution in [2.24, 2.45) is 11.3 Å². The summed E-state index contributed by atoms with van der Waals surface area (Å²) in [7, 11) is 0. The molecular weight excluding hydrogens is 244 g/mol. The highest BCUT2D eigenvalue weighted by Gasteiger charge is 2.65. The molecule has 1 saturated carbocycles. The van der Waals surface area contributed by atoms with Crippen molar-refractivity contribution >= 4 is 5.78 Å². The maximum Gasteiger partial charge on any atom is 0.220 e. The lowest BCUT2D eigenvalue weighted by molar-refractivity contribution is -0.294. The molecule has 2 N–H and O–H groups in total. The molecule has 1 heterocycles. The van der Waals surface area contributed by atoms with E-state index in [0.29, 0.717) is 24.0 Å². The molecule has 4 heteroatoms. The molecule has 0 amide bonds. The highest BCUT2D eigenvalue weighted by Crippen LogP contribution is 2.58. The minimum Gasteiger partial charge on any atom is -0.384 e. The van der Waals surface area contributed by atoms with Gasteiger partial charge in [0.2, 0.25) is 5.79 Å². The fourth-order valence-electron chi connectivity index (χ4n) is 3.74. The number of ketones is 1. The number of hydrogen-bond donors (Lipinski definition) is 2. The normalized spacial score (nSPS) is 45.1. The Hall–Kier alpha value is -0.970. The lowest BCUT2D eigenvalue weighted by atomic mass is 9.58. The summed E-state index contributed by atoms with van der Waals surface area (Å²) in [5, 5.41) is 21.9. The summed E-state index contributed by atoms with van der Waals surface area (Å²) >= 11 is 0. The van der Waals surface area contributed by atoms with Crippen LogP contribution in [0.5, 0.6) is 0 Å². The van der Waals surface area contributed by atoms with Crippen LogP contribution in [0.2, 0.25) is 0 Å². The molecule has 3 atom stereocenters. The van der Waals surface area contributed by atoms with Crippen LogP contribution >= 0.6 is 0 Å². The van der Waals surface area contributed by atoms with Crippen LogP contribution in [0.4, 0.5) is 0 Å². The number of carbonyl (C=O) groups is 1. The number of carbonyl (C=O) groups excluding carboxylic acids is 1. The van der Waals surface area contributed by atoms with Gasteiger partial charge < -0.3 is 14.9 Å². The van der Waals surface area contributed by atoms with Crippen LogP contribution in [-0.4, -0.2) is 34.0 Å². The monoisotopic (exact) mass is 264 g/mol. The Morgan fingerprint density at radius 3 is 2.63 bits per heavy atom. The molecule has 3 aliphatic rings. The number of rotatable bonds is 1. The van der Waals surface area contributed by atoms with E-state index in [9.17, 15) is 15.0 Å². The summed E-state index contributed by atoms with van der Waals surface area (Å²) in [5.41, 5.74) is -0.633. The van der Waals surface area contributed by atoms with Crippen molar-refractivity contribution < 1.29 is 19.7 Å². The van der Waals surface area contributed by atoms with Gasteiger partial charge in [0.05, 0.1) is 6.61 Å². The third-order valence-electron chi connectivity index (χ3n) is 5.10. The molecular formula is C15H20O4. The van der Waals surface area contributed by atoms with Gasteiger partial charge in [0.15, 0.2) is 5.78 Å². The van der Waals surface area contributed by atoms with Crippen molar-refractivity contribution in [2.45, 2.75) is 45.0 Å². The quantitative estimate of drug-likeness (QED) is 0.750. The predicted octanol–water partition coefficient (Wildman–Crippen LogP) is 1.33. The molecule has 0 bridgehead atoms. The molecule has 1 fully saturated rings. The van der Waals surface area contributed by atoms with Gasteiger partial charge in [0.25, 0.3) is 0 Å². The summed E-state index contributed by atoms with van der Waals surface area (Å²) in [4.78, 5) is 12.0. The predicted molar refractivity (Wildman–Crippen MR) is 69.2 cm³/mol. The minimum absolute atomic E-state index is 0.0830. The fourth-order valence-corrected chi connectivity index (χ4v) is 3.74. The summed E-state index contributed by atoms with van der Waals surface area (Å²) in [6, 6.07) is 0. The van der Waals surface area contributed by atoms with E-state index in [-0.39, 0.29) is 18.3 Å². The van der Waals surface area contributed by atoms with Gasteiger partial charge in [0, 0.05) is 16.6 Å². The van der Waals surface area contributed by atoms with Crippen molar-refractivity contribution in [2.75, 3.05) is 6.61 Å². The Bertz CT molecular complexity index is 518. The first-order chi connectivity index (χ1) is 8.75. The molecule has 0 aromatic heterocycles. The Morgan fingerprint density at radius 1 is 1.32 bits per heavy atom. The molecule has 0 aromatic carbocycles. The van der Waals surface area contributed by atoms with Gasteiger partial charge in [0.1, 0.15) is 5.60 Å². The maximum absolute atomic E-state index is 12.0. The Kier molecular flexibility index (Phi) is 2.45. The van der Waals surface area contributed by atoms with Gasteiger partial charge in [-0.3, -0.25) is 4.79 Å². The average molecular weight is 264 g/mol. The van der Waals surface area contributed by atoms with Crippen LogP contribution in [0.3, 0.4) is 0 Å². The summed E-state index contributed by atoms with van der Waals surface area (Å²) in [5.74, 6) is -2.00. The number of aliphatic hydroxyl groups is 2. The van der Waals surface area contributed by atoms with E-state index in [1.165, 1.54) is 0 Å². The molecule has 3 rings (SSSR count). The van der Waals surface area contributed by atoms with Crippen molar-refractivity contribution in [1.82, 2.24) is 0 Å². The largest absolute Gasteiger partial charge is 0.384 e. The van der Waals surface area contributed by atoms with Crippen LogP contribution in [0.15, 0.2) is 23.3 Å². The van der Waals surface area contributed by atoms with Crippen molar-refractivity contribution in [3.63, 3.8) is 0 Å². The SMILES string of the molecule is CC(C)C1(O)CCC2(C)C=CC(=O)C3=C2C1(O)OC3. The van der Waals surface area contributed by atoms with Crippen LogP contribution in [0.1, 0.15) is 33.6 Å². The zero-order valence-electron chi connectivity index (χ0n) is 11.6. The average Bonchev–Trinajstić information content (AvgIpc) is 2.72. The molecule has 0 saturated heterocycles. The number of ether oxygens (including phenoxy) is 1. The van der Waals surface area contributed by atoms with Crippen molar-refractivity contribution in [1.29, 1.82) is 0 Å². The summed E-state index contributed by atoms with van der Waals surface area (Å²) in [6.45, 7) is 5.80. The van der Waals surface area contributed by atoms with Crippen LogP contribution in [0, 0.1) is 11.3 Å². The van der Waals surface area contributed by atoms with Gasteiger partial charge in [-0.25, -0.2) is 0 Å². The van der Waals surface area contributed by atoms with Crippen molar-refractivity contribution in [3.8, 4) is 0 Å². The highest BCUT2D eigenvalue weighted by atomic mass is 16.6. The third-order valence-corrected chi connectivity index (χ3v) is 5.10. The van der Waals surface area contributed by atoms with Gasteiger partial charge in [-0.05, 0) is 24.8 Å². The molecule has 0 spiro atoms. The standard InChI is InChI=1S/C15H20O4/c1-9(2)14(17)7-6-13(3)5-4-11(16)10-8-19-15(14,18)12(10)13/h4-5,9,17-18H,6-8H2,1-3H3. The van der Waals surface area contributed by atoms with E-state index in [1.54, 1.807) is 6.08 Å². The minimum atomic E-state index is -1.73. The number of allylic oxidation sites excluding steroid dienone is 2. The van der Waals surface area contributed by atoms with E-state index in [1.807, 2.05) is 26.8 Å². The second kappa shape index (κ2) is 3.57. The van der Waals surface area contributed by atoms with Crippen molar-refractivity contribution in [3.05, 3.63) is 23.3 Å². The van der Waals surface area contributed by atoms with E-state index >= 15 is 0 Å². The van der Waals surface area contributed by atoms with Gasteiger partial charge in [-0.1, -0.05) is 26.8 Å². The Balaban J connectivity index is 2.21. The molecule has 2 aliphatic carbocycles. The Morgan fingerprint density at radius 2 is 2.00 bits per heavy atom. The maximum atomic E-state index is 12.0.